The quantitative estimate of drug-likeness (QED) is 0.282. The zero-order valence-corrected chi connectivity index (χ0v) is 23.0. The molecule has 5 N–H and O–H groups in total. The number of sulfonamides is 1. The van der Waals surface area contributed by atoms with E-state index in [0.29, 0.717) is 29.4 Å². The molecule has 0 aliphatic heterocycles. The van der Waals surface area contributed by atoms with Crippen LogP contribution in [0.15, 0.2) is 18.3 Å². The number of methoxy groups -OCH3 is 1. The van der Waals surface area contributed by atoms with Crippen LogP contribution in [0.5, 0.6) is 5.75 Å². The largest absolute Gasteiger partial charge is 0.494 e. The van der Waals surface area contributed by atoms with E-state index < -0.39 is 10.0 Å². The summed E-state index contributed by atoms with van der Waals surface area (Å²) in [6, 6.07) is 4.05. The predicted molar refractivity (Wildman–Crippen MR) is 146 cm³/mol. The molecule has 4 rings (SSSR count). The van der Waals surface area contributed by atoms with Crippen molar-refractivity contribution in [1.82, 2.24) is 20.0 Å². The van der Waals surface area contributed by atoms with Crippen molar-refractivity contribution in [3.63, 3.8) is 0 Å². The van der Waals surface area contributed by atoms with Crippen LogP contribution in [0.2, 0.25) is 5.02 Å². The molecule has 1 saturated carbocycles. The lowest BCUT2D eigenvalue weighted by atomic mass is 9.91. The third kappa shape index (κ3) is 7.44. The number of anilines is 3. The molecule has 1 aromatic carbocycles. The zero-order valence-electron chi connectivity index (χ0n) is 21.4. The first-order valence-electron chi connectivity index (χ1n) is 12.8. The third-order valence-electron chi connectivity index (χ3n) is 7.00. The Labute approximate surface area is 224 Å². The fourth-order valence-corrected chi connectivity index (χ4v) is 6.32. The van der Waals surface area contributed by atoms with Gasteiger partial charge < -0.3 is 25.8 Å². The minimum atomic E-state index is -3.33. The standard InChI is InChI=1S/C25H37ClN6O4S/c1-36-23-18-7-5-6-17(27-12-13-33)14-16(18)10-11-22(23)30-25-28-15-19(26)24(31-25)29-20-8-3-4-9-21(20)32-37(2,34)35/h10-11,15,17,20-21,27,32-33H,3-9,12-14H2,1-2H3,(H2,28,29,30,31)/t17-,20-,21?/m1/s1. The summed E-state index contributed by atoms with van der Waals surface area (Å²) >= 11 is 6.42. The van der Waals surface area contributed by atoms with E-state index in [1.807, 2.05) is 6.07 Å². The van der Waals surface area contributed by atoms with Crippen molar-refractivity contribution >= 4 is 39.1 Å². The number of hydrogen-bond acceptors (Lipinski definition) is 9. The van der Waals surface area contributed by atoms with Gasteiger partial charge in [0.2, 0.25) is 16.0 Å². The number of nitrogens with zero attached hydrogens (tertiary/aromatic N) is 2. The lowest BCUT2D eigenvalue weighted by Crippen LogP contribution is -2.48. The van der Waals surface area contributed by atoms with Gasteiger partial charge in [-0.05, 0) is 55.7 Å². The van der Waals surface area contributed by atoms with Crippen LogP contribution < -0.4 is 25.4 Å². The summed E-state index contributed by atoms with van der Waals surface area (Å²) in [5, 5.41) is 19.6. The van der Waals surface area contributed by atoms with Gasteiger partial charge in [0.15, 0.2) is 5.82 Å². The summed E-state index contributed by atoms with van der Waals surface area (Å²) in [6.07, 6.45) is 10.1. The summed E-state index contributed by atoms with van der Waals surface area (Å²) in [4.78, 5) is 8.98. The summed E-state index contributed by atoms with van der Waals surface area (Å²) in [7, 11) is -1.66. The first-order chi connectivity index (χ1) is 17.8. The van der Waals surface area contributed by atoms with E-state index >= 15 is 0 Å². The van der Waals surface area contributed by atoms with Crippen LogP contribution in [-0.4, -0.2) is 68.1 Å². The Hall–Kier alpha value is -2.18. The highest BCUT2D eigenvalue weighted by atomic mass is 35.5. The van der Waals surface area contributed by atoms with Crippen molar-refractivity contribution in [1.29, 1.82) is 0 Å². The van der Waals surface area contributed by atoms with Gasteiger partial charge in [0.1, 0.15) is 10.8 Å². The van der Waals surface area contributed by atoms with Crippen LogP contribution in [0.25, 0.3) is 0 Å². The van der Waals surface area contributed by atoms with Gasteiger partial charge in [-0.15, -0.1) is 0 Å². The molecular weight excluding hydrogens is 516 g/mol. The van der Waals surface area contributed by atoms with E-state index in [9.17, 15) is 8.42 Å². The van der Waals surface area contributed by atoms with E-state index in [1.54, 1.807) is 7.11 Å². The number of fused-ring (bicyclic) bond motifs is 1. The van der Waals surface area contributed by atoms with Crippen LogP contribution in [0.1, 0.15) is 49.7 Å². The van der Waals surface area contributed by atoms with Crippen molar-refractivity contribution in [2.24, 2.45) is 0 Å². The van der Waals surface area contributed by atoms with Gasteiger partial charge >= 0.3 is 0 Å². The molecule has 1 unspecified atom stereocenters. The number of benzene rings is 1. The van der Waals surface area contributed by atoms with Crippen molar-refractivity contribution in [3.05, 3.63) is 34.5 Å². The Balaban J connectivity index is 1.53. The molecule has 1 aromatic heterocycles. The second-order valence-corrected chi connectivity index (χ2v) is 12.0. The van der Waals surface area contributed by atoms with E-state index in [4.69, 9.17) is 21.4 Å². The molecule has 1 fully saturated rings. The highest BCUT2D eigenvalue weighted by molar-refractivity contribution is 7.88. The van der Waals surface area contributed by atoms with E-state index in [1.165, 1.54) is 23.6 Å². The minimum Gasteiger partial charge on any atom is -0.494 e. The summed E-state index contributed by atoms with van der Waals surface area (Å²) in [5.74, 6) is 1.60. The molecule has 2 aromatic rings. The molecule has 0 saturated heterocycles. The number of aromatic nitrogens is 2. The lowest BCUT2D eigenvalue weighted by Gasteiger charge is -2.32. The number of nitrogens with one attached hydrogen (secondary N) is 4. The smallest absolute Gasteiger partial charge is 0.229 e. The van der Waals surface area contributed by atoms with Crippen LogP contribution in [-0.2, 0) is 22.9 Å². The summed E-state index contributed by atoms with van der Waals surface area (Å²) < 4.78 is 32.3. The second-order valence-electron chi connectivity index (χ2n) is 9.80. The molecule has 10 nitrogen and oxygen atoms in total. The molecule has 2 aliphatic carbocycles. The summed E-state index contributed by atoms with van der Waals surface area (Å²) in [6.45, 7) is 0.718. The molecule has 2 aliphatic rings. The molecule has 0 bridgehead atoms. The van der Waals surface area contributed by atoms with Gasteiger partial charge in [0, 0.05) is 24.7 Å². The number of hydrogen-bond donors (Lipinski definition) is 5. The SMILES string of the molecule is COc1c(Nc2ncc(Cl)c(N[C@@H]3CCCCC3NS(C)(=O)=O)n2)ccc2c1CCC[C@@H](NCCO)C2. The third-order valence-corrected chi connectivity index (χ3v) is 8.00. The Morgan fingerprint density at radius 3 is 2.68 bits per heavy atom. The highest BCUT2D eigenvalue weighted by Crippen LogP contribution is 2.37. The predicted octanol–water partition coefficient (Wildman–Crippen LogP) is 2.98. The molecule has 0 spiro atoms. The molecule has 37 heavy (non-hydrogen) atoms. The molecular formula is C25H37ClN6O4S. The van der Waals surface area contributed by atoms with Gasteiger partial charge in [0.05, 0.1) is 31.9 Å². The molecule has 12 heteroatoms. The zero-order chi connectivity index (χ0) is 26.4. The molecule has 0 amide bonds. The van der Waals surface area contributed by atoms with E-state index in [-0.39, 0.29) is 18.7 Å². The van der Waals surface area contributed by atoms with Crippen LogP contribution >= 0.6 is 11.6 Å². The first kappa shape index (κ1) is 27.8. The normalized spacial score (nSPS) is 22.1. The molecule has 0 radical (unpaired) electrons. The number of aliphatic hydroxyl groups is 1. The number of halogens is 1. The minimum absolute atomic E-state index is 0.127. The number of rotatable bonds is 10. The first-order valence-corrected chi connectivity index (χ1v) is 15.1. The number of aliphatic hydroxyl groups excluding tert-OH is 1. The molecule has 204 valence electrons. The van der Waals surface area contributed by atoms with Crippen LogP contribution in [0.4, 0.5) is 17.5 Å². The topological polar surface area (TPSA) is 138 Å². The Kier molecular flexibility index (Phi) is 9.46. The monoisotopic (exact) mass is 552 g/mol. The van der Waals surface area contributed by atoms with Crippen molar-refractivity contribution in [2.45, 2.75) is 69.5 Å². The maximum absolute atomic E-state index is 11.8. The average Bonchev–Trinajstić information content (AvgIpc) is 3.07. The highest BCUT2D eigenvalue weighted by Gasteiger charge is 2.28. The molecule has 3 atom stereocenters. The second kappa shape index (κ2) is 12.6. The van der Waals surface area contributed by atoms with Crippen molar-refractivity contribution in [2.75, 3.05) is 37.2 Å². The van der Waals surface area contributed by atoms with Gasteiger partial charge in [-0.25, -0.2) is 18.1 Å². The maximum Gasteiger partial charge on any atom is 0.229 e. The van der Waals surface area contributed by atoms with E-state index in [0.717, 1.165) is 62.8 Å². The number of ether oxygens (including phenoxy) is 1. The fraction of sp³-hybridized carbons (Fsp3) is 0.600. The molecule has 1 heterocycles. The van der Waals surface area contributed by atoms with Crippen LogP contribution in [0, 0.1) is 0 Å². The van der Waals surface area contributed by atoms with Crippen molar-refractivity contribution < 1.29 is 18.3 Å². The Bertz CT molecular complexity index is 1180. The van der Waals surface area contributed by atoms with Crippen molar-refractivity contribution in [3.8, 4) is 5.75 Å². The Morgan fingerprint density at radius 1 is 1.16 bits per heavy atom. The van der Waals surface area contributed by atoms with E-state index in [2.05, 4.69) is 36.7 Å². The lowest BCUT2D eigenvalue weighted by molar-refractivity contribution is 0.281. The maximum atomic E-state index is 11.8. The summed E-state index contributed by atoms with van der Waals surface area (Å²) in [5.41, 5.74) is 3.17. The Morgan fingerprint density at radius 2 is 1.95 bits per heavy atom. The average molecular weight is 553 g/mol. The van der Waals surface area contributed by atoms with Gasteiger partial charge in [-0.1, -0.05) is 30.5 Å². The van der Waals surface area contributed by atoms with Crippen LogP contribution in [0.3, 0.4) is 0 Å². The van der Waals surface area contributed by atoms with Gasteiger partial charge in [-0.2, -0.15) is 4.98 Å². The van der Waals surface area contributed by atoms with Gasteiger partial charge in [-0.3, -0.25) is 0 Å². The fourth-order valence-electron chi connectivity index (χ4n) is 5.35. The van der Waals surface area contributed by atoms with Gasteiger partial charge in [0.25, 0.3) is 0 Å².